The Kier molecular flexibility index (Phi) is 4.31. The van der Waals surface area contributed by atoms with E-state index in [9.17, 15) is 4.79 Å². The summed E-state index contributed by atoms with van der Waals surface area (Å²) in [6.45, 7) is 6.35. The van der Waals surface area contributed by atoms with Gasteiger partial charge in [-0.1, -0.05) is 20.3 Å². The van der Waals surface area contributed by atoms with Gasteiger partial charge >= 0.3 is 0 Å². The molecule has 0 spiro atoms. The van der Waals surface area contributed by atoms with Gasteiger partial charge in [-0.15, -0.1) is 0 Å². The first kappa shape index (κ1) is 12.4. The third-order valence-corrected chi connectivity index (χ3v) is 5.28. The number of ketones is 1. The highest BCUT2D eigenvalue weighted by molar-refractivity contribution is 7.99. The molecule has 1 aliphatic heterocycles. The number of thioether (sulfide) groups is 1. The van der Waals surface area contributed by atoms with E-state index in [1.54, 1.807) is 0 Å². The molecule has 3 heteroatoms. The van der Waals surface area contributed by atoms with Crippen LogP contribution in [0.15, 0.2) is 0 Å². The number of nitrogens with zero attached hydrogens (tertiary/aromatic N) is 1. The Morgan fingerprint density at radius 2 is 2.25 bits per heavy atom. The van der Waals surface area contributed by atoms with Crippen molar-refractivity contribution in [1.29, 1.82) is 0 Å². The molecule has 3 atom stereocenters. The number of piperidine rings is 1. The lowest BCUT2D eigenvalue weighted by molar-refractivity contribution is -0.126. The molecule has 0 N–H and O–H groups in total. The highest BCUT2D eigenvalue weighted by atomic mass is 32.2. The van der Waals surface area contributed by atoms with Crippen LogP contribution in [0.1, 0.15) is 39.5 Å². The lowest BCUT2D eigenvalue weighted by atomic mass is 9.97. The zero-order valence-electron chi connectivity index (χ0n) is 10.4. The van der Waals surface area contributed by atoms with E-state index in [0.717, 1.165) is 30.8 Å². The van der Waals surface area contributed by atoms with E-state index in [0.29, 0.717) is 5.78 Å². The first-order valence-corrected chi connectivity index (χ1v) is 7.65. The summed E-state index contributed by atoms with van der Waals surface area (Å²) in [4.78, 5) is 14.1. The first-order valence-electron chi connectivity index (χ1n) is 6.60. The topological polar surface area (TPSA) is 20.3 Å². The van der Waals surface area contributed by atoms with E-state index in [1.807, 2.05) is 0 Å². The molecule has 0 aromatic carbocycles. The summed E-state index contributed by atoms with van der Waals surface area (Å²) in [6, 6.07) is 0.750. The van der Waals surface area contributed by atoms with Crippen molar-refractivity contribution < 1.29 is 4.79 Å². The van der Waals surface area contributed by atoms with E-state index >= 15 is 0 Å². The summed E-state index contributed by atoms with van der Waals surface area (Å²) in [5, 5.41) is 0.824. The number of rotatable bonds is 3. The maximum absolute atomic E-state index is 11.5. The number of likely N-dealkylation sites (tertiary alicyclic amines) is 1. The van der Waals surface area contributed by atoms with Crippen molar-refractivity contribution in [2.45, 2.75) is 50.8 Å². The minimum Gasteiger partial charge on any atom is -0.299 e. The van der Waals surface area contributed by atoms with Gasteiger partial charge in [0.05, 0.1) is 0 Å². The molecule has 1 aliphatic carbocycles. The standard InChI is InChI=1S/C13H23NOS/c1-3-16-13-6-4-5-11(13)14-8-7-12(15)10(2)9-14/h10-11,13H,3-9H2,1-2H3. The molecule has 2 rings (SSSR count). The van der Waals surface area contributed by atoms with Gasteiger partial charge in [-0.3, -0.25) is 9.69 Å². The van der Waals surface area contributed by atoms with E-state index in [-0.39, 0.29) is 5.92 Å². The molecule has 92 valence electrons. The van der Waals surface area contributed by atoms with Crippen LogP contribution in [-0.4, -0.2) is 40.8 Å². The van der Waals surface area contributed by atoms with E-state index in [2.05, 4.69) is 30.5 Å². The number of carbonyl (C=O) groups is 1. The molecule has 2 fully saturated rings. The minimum absolute atomic E-state index is 0.265. The molecule has 1 saturated carbocycles. The van der Waals surface area contributed by atoms with E-state index < -0.39 is 0 Å². The van der Waals surface area contributed by atoms with Crippen molar-refractivity contribution in [1.82, 2.24) is 4.90 Å². The molecule has 2 aliphatic rings. The molecular weight excluding hydrogens is 218 g/mol. The molecule has 1 heterocycles. The van der Waals surface area contributed by atoms with Crippen LogP contribution >= 0.6 is 11.8 Å². The van der Waals surface area contributed by atoms with Crippen LogP contribution < -0.4 is 0 Å². The van der Waals surface area contributed by atoms with Crippen molar-refractivity contribution in [2.75, 3.05) is 18.8 Å². The third-order valence-electron chi connectivity index (χ3n) is 3.97. The molecule has 0 bridgehead atoms. The highest BCUT2D eigenvalue weighted by Gasteiger charge is 2.35. The second-order valence-corrected chi connectivity index (χ2v) is 6.62. The average Bonchev–Trinajstić information content (AvgIpc) is 2.71. The first-order chi connectivity index (χ1) is 7.72. The molecule has 0 aromatic rings. The van der Waals surface area contributed by atoms with E-state index in [4.69, 9.17) is 0 Å². The molecular formula is C13H23NOS. The van der Waals surface area contributed by atoms with Gasteiger partial charge in [0.25, 0.3) is 0 Å². The molecule has 16 heavy (non-hydrogen) atoms. The molecule has 2 nitrogen and oxygen atoms in total. The quantitative estimate of drug-likeness (QED) is 0.757. The zero-order chi connectivity index (χ0) is 11.5. The summed E-state index contributed by atoms with van der Waals surface area (Å²) in [6.07, 6.45) is 4.88. The van der Waals surface area contributed by atoms with Crippen molar-refractivity contribution in [3.05, 3.63) is 0 Å². The van der Waals surface area contributed by atoms with Gasteiger partial charge in [0, 0.05) is 36.7 Å². The molecule has 0 amide bonds. The fourth-order valence-electron chi connectivity index (χ4n) is 3.08. The number of Topliss-reactive ketones (excluding diaryl/α,β-unsaturated/α-hetero) is 1. The average molecular weight is 241 g/mol. The number of hydrogen-bond donors (Lipinski definition) is 0. The fourth-order valence-corrected chi connectivity index (χ4v) is 4.37. The smallest absolute Gasteiger partial charge is 0.138 e. The summed E-state index contributed by atoms with van der Waals surface area (Å²) in [5.74, 6) is 1.96. The van der Waals surface area contributed by atoms with Crippen LogP contribution in [0.5, 0.6) is 0 Å². The predicted octanol–water partition coefficient (Wildman–Crippen LogP) is 2.57. The Hall–Kier alpha value is -0.0200. The van der Waals surface area contributed by atoms with Crippen molar-refractivity contribution in [3.63, 3.8) is 0 Å². The van der Waals surface area contributed by atoms with Gasteiger partial charge in [0.15, 0.2) is 0 Å². The van der Waals surface area contributed by atoms with Gasteiger partial charge in [-0.2, -0.15) is 11.8 Å². The van der Waals surface area contributed by atoms with Gasteiger partial charge in [0.2, 0.25) is 0 Å². The van der Waals surface area contributed by atoms with Crippen LogP contribution in [0.25, 0.3) is 0 Å². The van der Waals surface area contributed by atoms with Crippen LogP contribution in [0.4, 0.5) is 0 Å². The maximum atomic E-state index is 11.5. The lowest BCUT2D eigenvalue weighted by Gasteiger charge is -2.37. The Balaban J connectivity index is 1.93. The summed E-state index contributed by atoms with van der Waals surface area (Å²) < 4.78 is 0. The van der Waals surface area contributed by atoms with Crippen molar-refractivity contribution in [2.24, 2.45) is 5.92 Å². The summed E-state index contributed by atoms with van der Waals surface area (Å²) in [5.41, 5.74) is 0. The molecule has 1 saturated heterocycles. The fraction of sp³-hybridized carbons (Fsp3) is 0.923. The zero-order valence-corrected chi connectivity index (χ0v) is 11.3. The normalized spacial score (nSPS) is 36.9. The molecule has 0 aromatic heterocycles. The van der Waals surface area contributed by atoms with Gasteiger partial charge in [0.1, 0.15) is 5.78 Å². The predicted molar refractivity (Wildman–Crippen MR) is 69.9 cm³/mol. The summed E-state index contributed by atoms with van der Waals surface area (Å²) >= 11 is 2.12. The highest BCUT2D eigenvalue weighted by Crippen LogP contribution is 2.34. The van der Waals surface area contributed by atoms with Crippen molar-refractivity contribution >= 4 is 17.5 Å². The van der Waals surface area contributed by atoms with Crippen LogP contribution in [0.2, 0.25) is 0 Å². The van der Waals surface area contributed by atoms with Gasteiger partial charge in [-0.05, 0) is 18.6 Å². The minimum atomic E-state index is 0.265. The van der Waals surface area contributed by atoms with Crippen LogP contribution in [-0.2, 0) is 4.79 Å². The maximum Gasteiger partial charge on any atom is 0.138 e. The molecule has 0 radical (unpaired) electrons. The van der Waals surface area contributed by atoms with Crippen molar-refractivity contribution in [3.8, 4) is 0 Å². The monoisotopic (exact) mass is 241 g/mol. The lowest BCUT2D eigenvalue weighted by Crippen LogP contribution is -2.47. The van der Waals surface area contributed by atoms with E-state index in [1.165, 1.54) is 25.0 Å². The Bertz CT molecular complexity index is 256. The third kappa shape index (κ3) is 2.62. The Labute approximate surface area is 103 Å². The molecule has 3 unspecified atom stereocenters. The van der Waals surface area contributed by atoms with Crippen LogP contribution in [0.3, 0.4) is 0 Å². The SMILES string of the molecule is CCSC1CCCC1N1CCC(=O)C(C)C1. The largest absolute Gasteiger partial charge is 0.299 e. The second kappa shape index (κ2) is 5.54. The van der Waals surface area contributed by atoms with Crippen LogP contribution in [0, 0.1) is 5.92 Å². The Morgan fingerprint density at radius 1 is 1.44 bits per heavy atom. The number of hydrogen-bond acceptors (Lipinski definition) is 3. The number of carbonyl (C=O) groups excluding carboxylic acids is 1. The van der Waals surface area contributed by atoms with Gasteiger partial charge in [-0.25, -0.2) is 0 Å². The Morgan fingerprint density at radius 3 is 2.94 bits per heavy atom. The second-order valence-electron chi connectivity index (χ2n) is 5.10. The summed E-state index contributed by atoms with van der Waals surface area (Å²) in [7, 11) is 0. The van der Waals surface area contributed by atoms with Gasteiger partial charge < -0.3 is 0 Å².